The van der Waals surface area contributed by atoms with Crippen LogP contribution in [0.5, 0.6) is 0 Å². The molecule has 132 valence electrons. The monoisotopic (exact) mass is 357 g/mol. The molecule has 1 fully saturated rings. The number of nitrogens with zero attached hydrogens (tertiary/aromatic N) is 6. The molecule has 0 atom stereocenters. The predicted octanol–water partition coefficient (Wildman–Crippen LogP) is 1.62. The first-order valence-corrected chi connectivity index (χ1v) is 9.39. The molecule has 1 aliphatic rings. The van der Waals surface area contributed by atoms with Gasteiger partial charge in [-0.15, -0.1) is 11.8 Å². The second-order valence-electron chi connectivity index (χ2n) is 5.63. The smallest absolute Gasteiger partial charge is 0.225 e. The third-order valence-corrected chi connectivity index (χ3v) is 4.76. The fourth-order valence-electron chi connectivity index (χ4n) is 2.64. The van der Waals surface area contributed by atoms with Gasteiger partial charge in [-0.05, 0) is 29.5 Å². The van der Waals surface area contributed by atoms with E-state index in [0.717, 1.165) is 48.5 Å². The first-order valence-electron chi connectivity index (χ1n) is 8.41. The summed E-state index contributed by atoms with van der Waals surface area (Å²) in [5, 5.41) is 1.03. The number of nitrogens with two attached hydrogens (primary N) is 1. The molecule has 7 nitrogen and oxygen atoms in total. The summed E-state index contributed by atoms with van der Waals surface area (Å²) >= 11 is 1.73. The zero-order valence-corrected chi connectivity index (χ0v) is 15.2. The van der Waals surface area contributed by atoms with Crippen LogP contribution in [0.15, 0.2) is 46.8 Å². The summed E-state index contributed by atoms with van der Waals surface area (Å²) in [6.45, 7) is 6.02. The van der Waals surface area contributed by atoms with Crippen LogP contribution in [0.1, 0.15) is 12.5 Å². The maximum atomic E-state index is 6.18. The average Bonchev–Trinajstić information content (AvgIpc) is 2.67. The Hall–Kier alpha value is -2.35. The van der Waals surface area contributed by atoms with Crippen LogP contribution < -0.4 is 10.6 Å². The van der Waals surface area contributed by atoms with Crippen LogP contribution in [0.25, 0.3) is 0 Å². The highest BCUT2D eigenvalue weighted by molar-refractivity contribution is 7.99. The molecule has 3 heterocycles. The molecule has 1 aliphatic heterocycles. The first kappa shape index (κ1) is 17.5. The van der Waals surface area contributed by atoms with Crippen molar-refractivity contribution in [2.45, 2.75) is 18.5 Å². The lowest BCUT2D eigenvalue weighted by molar-refractivity contribution is 0.378. The number of hydrogen-bond acceptors (Lipinski definition) is 6. The topological polar surface area (TPSA) is 83.5 Å². The lowest BCUT2D eigenvalue weighted by Gasteiger charge is -2.35. The van der Waals surface area contributed by atoms with E-state index in [0.29, 0.717) is 12.5 Å². The van der Waals surface area contributed by atoms with Gasteiger partial charge in [0.05, 0.1) is 11.6 Å². The minimum absolute atomic E-state index is 0.577. The van der Waals surface area contributed by atoms with E-state index in [4.69, 9.17) is 5.73 Å². The average molecular weight is 357 g/mol. The largest absolute Gasteiger partial charge is 0.370 e. The van der Waals surface area contributed by atoms with Gasteiger partial charge in [0.2, 0.25) is 5.95 Å². The highest BCUT2D eigenvalue weighted by atomic mass is 32.2. The van der Waals surface area contributed by atoms with Crippen LogP contribution >= 0.6 is 11.8 Å². The van der Waals surface area contributed by atoms with E-state index in [1.54, 1.807) is 24.2 Å². The summed E-state index contributed by atoms with van der Waals surface area (Å²) in [5.74, 6) is 2.38. The molecular weight excluding hydrogens is 334 g/mol. The third-order valence-electron chi connectivity index (χ3n) is 3.95. The van der Waals surface area contributed by atoms with E-state index < -0.39 is 0 Å². The van der Waals surface area contributed by atoms with Crippen LogP contribution in [0.2, 0.25) is 0 Å². The normalized spacial score (nSPS) is 15.5. The molecule has 0 aliphatic carbocycles. The molecule has 2 aromatic heterocycles. The SMILES string of the molecule is CCSc1cc(CN=C(N)N2CCN(c3ncccn3)CC2)ccn1. The van der Waals surface area contributed by atoms with Gasteiger partial charge in [0.1, 0.15) is 0 Å². The second-order valence-corrected chi connectivity index (χ2v) is 6.92. The number of hydrogen-bond donors (Lipinski definition) is 1. The molecule has 0 amide bonds. The number of piperazine rings is 1. The summed E-state index contributed by atoms with van der Waals surface area (Å²) < 4.78 is 0. The van der Waals surface area contributed by atoms with Crippen LogP contribution in [0.3, 0.4) is 0 Å². The highest BCUT2D eigenvalue weighted by Gasteiger charge is 2.19. The van der Waals surface area contributed by atoms with Crippen molar-refractivity contribution in [1.82, 2.24) is 19.9 Å². The van der Waals surface area contributed by atoms with E-state index in [9.17, 15) is 0 Å². The minimum atomic E-state index is 0.577. The number of thioether (sulfide) groups is 1. The maximum absolute atomic E-state index is 6.18. The third kappa shape index (κ3) is 4.82. The van der Waals surface area contributed by atoms with Crippen molar-refractivity contribution in [3.05, 3.63) is 42.4 Å². The molecule has 2 N–H and O–H groups in total. The molecular formula is C17H23N7S. The van der Waals surface area contributed by atoms with E-state index in [1.807, 2.05) is 18.3 Å². The van der Waals surface area contributed by atoms with E-state index in [2.05, 4.69) is 42.7 Å². The minimum Gasteiger partial charge on any atom is -0.370 e. The number of rotatable bonds is 5. The van der Waals surface area contributed by atoms with Crippen molar-refractivity contribution in [2.24, 2.45) is 10.7 Å². The Morgan fingerprint density at radius 3 is 2.64 bits per heavy atom. The molecule has 25 heavy (non-hydrogen) atoms. The molecule has 1 saturated heterocycles. The molecule has 0 bridgehead atoms. The second kappa shape index (κ2) is 8.66. The number of pyridine rings is 1. The molecule has 0 unspecified atom stereocenters. The number of aromatic nitrogens is 3. The molecule has 0 spiro atoms. The number of anilines is 1. The van der Waals surface area contributed by atoms with E-state index in [1.165, 1.54) is 0 Å². The van der Waals surface area contributed by atoms with Gasteiger partial charge in [0.25, 0.3) is 0 Å². The van der Waals surface area contributed by atoms with Crippen molar-refractivity contribution >= 4 is 23.7 Å². The molecule has 0 aromatic carbocycles. The van der Waals surface area contributed by atoms with Gasteiger partial charge in [-0.3, -0.25) is 0 Å². The Balaban J connectivity index is 1.54. The molecule has 0 radical (unpaired) electrons. The lowest BCUT2D eigenvalue weighted by atomic mass is 10.3. The van der Waals surface area contributed by atoms with Gasteiger partial charge in [0.15, 0.2) is 5.96 Å². The van der Waals surface area contributed by atoms with Crippen LogP contribution in [-0.2, 0) is 6.54 Å². The lowest BCUT2D eigenvalue weighted by Crippen LogP contribution is -2.51. The van der Waals surface area contributed by atoms with E-state index >= 15 is 0 Å². The summed E-state index contributed by atoms with van der Waals surface area (Å²) in [6.07, 6.45) is 5.37. The molecule has 0 saturated carbocycles. The Morgan fingerprint density at radius 1 is 1.16 bits per heavy atom. The fraction of sp³-hybridized carbons (Fsp3) is 0.412. The van der Waals surface area contributed by atoms with Crippen LogP contribution in [0.4, 0.5) is 5.95 Å². The van der Waals surface area contributed by atoms with Crippen LogP contribution in [-0.4, -0.2) is 57.7 Å². The fourth-order valence-corrected chi connectivity index (χ4v) is 3.30. The zero-order valence-electron chi connectivity index (χ0n) is 14.4. The van der Waals surface area contributed by atoms with Crippen molar-refractivity contribution in [1.29, 1.82) is 0 Å². The predicted molar refractivity (Wildman–Crippen MR) is 102 cm³/mol. The van der Waals surface area contributed by atoms with Crippen LogP contribution in [0, 0.1) is 0 Å². The van der Waals surface area contributed by atoms with Crippen molar-refractivity contribution in [2.75, 3.05) is 36.8 Å². The Labute approximate surface area is 152 Å². The maximum Gasteiger partial charge on any atom is 0.225 e. The Morgan fingerprint density at radius 2 is 1.92 bits per heavy atom. The van der Waals surface area contributed by atoms with Crippen molar-refractivity contribution in [3.63, 3.8) is 0 Å². The van der Waals surface area contributed by atoms with Gasteiger partial charge in [-0.25, -0.2) is 19.9 Å². The van der Waals surface area contributed by atoms with Crippen molar-refractivity contribution in [3.8, 4) is 0 Å². The summed E-state index contributed by atoms with van der Waals surface area (Å²) in [7, 11) is 0. The molecule has 3 rings (SSSR count). The summed E-state index contributed by atoms with van der Waals surface area (Å²) in [4.78, 5) is 21.8. The standard InChI is InChI=1S/C17H23N7S/c1-2-25-15-12-14(4-7-19-15)13-22-16(18)23-8-10-24(11-9-23)17-20-5-3-6-21-17/h3-7,12H,2,8-11,13H2,1H3,(H2,18,22). The van der Waals surface area contributed by atoms with Gasteiger partial charge >= 0.3 is 0 Å². The quantitative estimate of drug-likeness (QED) is 0.494. The Kier molecular flexibility index (Phi) is 6.05. The summed E-state index contributed by atoms with van der Waals surface area (Å²) in [5.41, 5.74) is 7.31. The van der Waals surface area contributed by atoms with Gasteiger partial charge in [0, 0.05) is 44.8 Å². The first-order chi connectivity index (χ1) is 12.3. The molecule has 2 aromatic rings. The summed E-state index contributed by atoms with van der Waals surface area (Å²) in [6, 6.07) is 5.89. The number of guanidine groups is 1. The highest BCUT2D eigenvalue weighted by Crippen LogP contribution is 2.16. The molecule has 8 heteroatoms. The van der Waals surface area contributed by atoms with Crippen molar-refractivity contribution < 1.29 is 0 Å². The van der Waals surface area contributed by atoms with Gasteiger partial charge in [-0.1, -0.05) is 6.92 Å². The Bertz CT molecular complexity index is 699. The zero-order chi connectivity index (χ0) is 17.5. The van der Waals surface area contributed by atoms with E-state index in [-0.39, 0.29) is 0 Å². The van der Waals surface area contributed by atoms with Gasteiger partial charge in [-0.2, -0.15) is 0 Å². The van der Waals surface area contributed by atoms with Gasteiger partial charge < -0.3 is 15.5 Å². The number of aliphatic imine (C=N–C) groups is 1.